The van der Waals surface area contributed by atoms with Crippen molar-refractivity contribution in [3.63, 3.8) is 0 Å². The van der Waals surface area contributed by atoms with E-state index in [1.807, 2.05) is 44.2 Å². The Labute approximate surface area is 305 Å². The van der Waals surface area contributed by atoms with Gasteiger partial charge in [0.1, 0.15) is 24.1 Å². The number of nitrogens with zero attached hydrogens (tertiary/aromatic N) is 2. The number of benzene rings is 4. The summed E-state index contributed by atoms with van der Waals surface area (Å²) in [4.78, 5) is 30.1. The summed E-state index contributed by atoms with van der Waals surface area (Å²) in [5.41, 5.74) is 1.51. The maximum absolute atomic E-state index is 14.8. The molecule has 0 aliphatic heterocycles. The third kappa shape index (κ3) is 9.86. The first-order valence-corrected chi connectivity index (χ1v) is 18.1. The highest BCUT2D eigenvalue weighted by atomic mass is 35.5. The van der Waals surface area contributed by atoms with E-state index in [0.29, 0.717) is 28.6 Å². The van der Waals surface area contributed by atoms with E-state index in [4.69, 9.17) is 30.5 Å². The molecular weight excluding hydrogens is 694 g/mol. The Balaban J connectivity index is 1.89. The van der Waals surface area contributed by atoms with Crippen LogP contribution in [0.25, 0.3) is 0 Å². The van der Waals surface area contributed by atoms with Gasteiger partial charge in [-0.2, -0.15) is 0 Å². The van der Waals surface area contributed by atoms with Crippen LogP contribution in [-0.4, -0.2) is 72.7 Å². The summed E-state index contributed by atoms with van der Waals surface area (Å²) in [5, 5.41) is 3.43. The number of hydrogen-bond donors (Lipinski definition) is 1. The van der Waals surface area contributed by atoms with Crippen molar-refractivity contribution in [1.29, 1.82) is 0 Å². The van der Waals surface area contributed by atoms with Crippen molar-refractivity contribution in [1.82, 2.24) is 10.2 Å². The fourth-order valence-corrected chi connectivity index (χ4v) is 7.06. The Morgan fingerprint density at radius 2 is 1.43 bits per heavy atom. The van der Waals surface area contributed by atoms with Gasteiger partial charge in [-0.25, -0.2) is 8.42 Å². The lowest BCUT2D eigenvalue weighted by Crippen LogP contribution is -2.53. The zero-order valence-corrected chi connectivity index (χ0v) is 31.2. The number of anilines is 1. The molecule has 0 aliphatic carbocycles. The summed E-state index contributed by atoms with van der Waals surface area (Å²) in [6.45, 7) is 3.58. The molecule has 0 saturated heterocycles. The van der Waals surface area contributed by atoms with Crippen molar-refractivity contribution in [2.75, 3.05) is 45.8 Å². The number of ether oxygens (including phenoxy) is 4. The summed E-state index contributed by atoms with van der Waals surface area (Å²) < 4.78 is 52.1. The Kier molecular flexibility index (Phi) is 13.6. The number of methoxy groups -OCH3 is 4. The second-order valence-electron chi connectivity index (χ2n) is 12.1. The van der Waals surface area contributed by atoms with E-state index >= 15 is 0 Å². The van der Waals surface area contributed by atoms with Gasteiger partial charge in [-0.15, -0.1) is 0 Å². The summed E-state index contributed by atoms with van der Waals surface area (Å²) in [7, 11) is 1.17. The number of nitrogens with one attached hydrogen (secondary N) is 1. The number of sulfonamides is 1. The number of amides is 2. The van der Waals surface area contributed by atoms with Crippen LogP contribution >= 0.6 is 11.6 Å². The van der Waals surface area contributed by atoms with Crippen molar-refractivity contribution >= 4 is 39.1 Å². The molecule has 0 spiro atoms. The summed E-state index contributed by atoms with van der Waals surface area (Å²) in [6.07, 6.45) is 0.169. The number of halogens is 1. The fourth-order valence-electron chi connectivity index (χ4n) is 5.42. The topological polar surface area (TPSA) is 124 Å². The van der Waals surface area contributed by atoms with Gasteiger partial charge in [0.25, 0.3) is 10.0 Å². The van der Waals surface area contributed by atoms with Gasteiger partial charge >= 0.3 is 0 Å². The first-order valence-electron chi connectivity index (χ1n) is 16.2. The molecule has 0 heterocycles. The van der Waals surface area contributed by atoms with Gasteiger partial charge < -0.3 is 29.2 Å². The Bertz CT molecular complexity index is 1910. The SMILES string of the molecule is COc1ccc(OC)c(N(CC(=O)N(Cc2cccc(Cl)c2)[C@@H](Cc2ccccc2)C(=O)NCC(C)C)S(=O)(=O)c2ccc(OC)c(OC)c2)c1. The quantitative estimate of drug-likeness (QED) is 0.140. The molecule has 4 aromatic rings. The predicted molar refractivity (Wildman–Crippen MR) is 197 cm³/mol. The van der Waals surface area contributed by atoms with Crippen LogP contribution in [0.5, 0.6) is 23.0 Å². The average Bonchev–Trinajstić information content (AvgIpc) is 3.13. The van der Waals surface area contributed by atoms with Gasteiger partial charge in [0, 0.05) is 36.7 Å². The summed E-state index contributed by atoms with van der Waals surface area (Å²) in [6, 6.07) is 24.1. The number of rotatable bonds is 17. The van der Waals surface area contributed by atoms with Crippen molar-refractivity contribution < 1.29 is 37.0 Å². The zero-order valence-electron chi connectivity index (χ0n) is 29.6. The molecule has 11 nitrogen and oxygen atoms in total. The largest absolute Gasteiger partial charge is 0.497 e. The molecule has 0 radical (unpaired) electrons. The van der Waals surface area contributed by atoms with Crippen molar-refractivity contribution in [3.05, 3.63) is 107 Å². The number of carbonyl (C=O) groups excluding carboxylic acids is 2. The van der Waals surface area contributed by atoms with Crippen LogP contribution in [0, 0.1) is 5.92 Å². The van der Waals surface area contributed by atoms with Gasteiger partial charge in [-0.05, 0) is 53.4 Å². The third-order valence-electron chi connectivity index (χ3n) is 8.07. The van der Waals surface area contributed by atoms with Crippen LogP contribution in [0.2, 0.25) is 5.02 Å². The first kappa shape index (κ1) is 38.9. The molecule has 2 amide bonds. The molecule has 0 fully saturated rings. The molecule has 13 heteroatoms. The van der Waals surface area contributed by atoms with Crippen molar-refractivity contribution in [2.45, 2.75) is 37.8 Å². The Hall–Kier alpha value is -4.94. The van der Waals surface area contributed by atoms with Crippen molar-refractivity contribution in [3.8, 4) is 23.0 Å². The highest BCUT2D eigenvalue weighted by Crippen LogP contribution is 2.38. The minimum absolute atomic E-state index is 0.0362. The molecule has 1 N–H and O–H groups in total. The maximum atomic E-state index is 14.8. The van der Waals surface area contributed by atoms with Crippen LogP contribution in [-0.2, 0) is 32.6 Å². The molecular formula is C38H44ClN3O8S. The predicted octanol–water partition coefficient (Wildman–Crippen LogP) is 5.98. The highest BCUT2D eigenvalue weighted by molar-refractivity contribution is 7.92. The second kappa shape index (κ2) is 17.8. The average molecular weight is 738 g/mol. The molecule has 4 rings (SSSR count). The molecule has 4 aromatic carbocycles. The normalized spacial score (nSPS) is 11.8. The summed E-state index contributed by atoms with van der Waals surface area (Å²) >= 11 is 6.35. The minimum atomic E-state index is -4.51. The zero-order chi connectivity index (χ0) is 37.1. The molecule has 272 valence electrons. The van der Waals surface area contributed by atoms with Gasteiger partial charge in [0.15, 0.2) is 11.5 Å². The monoisotopic (exact) mass is 737 g/mol. The van der Waals surface area contributed by atoms with E-state index < -0.39 is 28.5 Å². The molecule has 0 aromatic heterocycles. The molecule has 0 bridgehead atoms. The van der Waals surface area contributed by atoms with Crippen LogP contribution < -0.4 is 28.6 Å². The lowest BCUT2D eigenvalue weighted by atomic mass is 10.0. The van der Waals surface area contributed by atoms with Gasteiger partial charge in [-0.1, -0.05) is 67.9 Å². The van der Waals surface area contributed by atoms with E-state index in [0.717, 1.165) is 9.87 Å². The van der Waals surface area contributed by atoms with E-state index in [-0.39, 0.29) is 46.9 Å². The van der Waals surface area contributed by atoms with E-state index in [2.05, 4.69) is 5.32 Å². The fraction of sp³-hybridized carbons (Fsp3) is 0.316. The Morgan fingerprint density at radius 1 is 0.765 bits per heavy atom. The van der Waals surface area contributed by atoms with Gasteiger partial charge in [0.2, 0.25) is 11.8 Å². The first-order chi connectivity index (χ1) is 24.4. The van der Waals surface area contributed by atoms with E-state index in [1.165, 1.54) is 57.6 Å². The van der Waals surface area contributed by atoms with Crippen LogP contribution in [0.4, 0.5) is 5.69 Å². The van der Waals surface area contributed by atoms with Crippen LogP contribution in [0.3, 0.4) is 0 Å². The van der Waals surface area contributed by atoms with Crippen LogP contribution in [0.1, 0.15) is 25.0 Å². The second-order valence-corrected chi connectivity index (χ2v) is 14.4. The van der Waals surface area contributed by atoms with Crippen LogP contribution in [0.15, 0.2) is 95.9 Å². The maximum Gasteiger partial charge on any atom is 0.265 e. The molecule has 0 aliphatic rings. The molecule has 1 atom stereocenters. The summed E-state index contributed by atoms with van der Waals surface area (Å²) in [5.74, 6) is 0.115. The lowest BCUT2D eigenvalue weighted by molar-refractivity contribution is -0.140. The highest BCUT2D eigenvalue weighted by Gasteiger charge is 2.36. The van der Waals surface area contributed by atoms with E-state index in [9.17, 15) is 18.0 Å². The van der Waals surface area contributed by atoms with Gasteiger partial charge in [-0.3, -0.25) is 13.9 Å². The third-order valence-corrected chi connectivity index (χ3v) is 10.1. The molecule has 0 saturated carbocycles. The van der Waals surface area contributed by atoms with E-state index in [1.54, 1.807) is 36.4 Å². The minimum Gasteiger partial charge on any atom is -0.497 e. The number of carbonyl (C=O) groups is 2. The standard InChI is InChI=1S/C38H44ClN3O8S/c1-26(2)23-40-38(44)33(20-27-11-8-7-9-12-27)41(24-28-13-10-14-29(39)19-28)37(43)25-42(32-21-30(47-3)15-17-34(32)48-4)51(45,46)31-16-18-35(49-5)36(22-31)50-6/h7-19,21-22,26,33H,20,23-25H2,1-6H3,(H,40,44)/t33-/m0/s1. The van der Waals surface area contributed by atoms with Crippen molar-refractivity contribution in [2.24, 2.45) is 5.92 Å². The smallest absolute Gasteiger partial charge is 0.265 e. The molecule has 0 unspecified atom stereocenters. The Morgan fingerprint density at radius 3 is 2.06 bits per heavy atom. The molecule has 51 heavy (non-hydrogen) atoms. The van der Waals surface area contributed by atoms with Gasteiger partial charge in [0.05, 0.1) is 39.0 Å². The lowest BCUT2D eigenvalue weighted by Gasteiger charge is -2.34. The number of hydrogen-bond acceptors (Lipinski definition) is 8.